The van der Waals surface area contributed by atoms with E-state index in [1.165, 1.54) is 0 Å². The van der Waals surface area contributed by atoms with Crippen LogP contribution in [0.4, 0.5) is 0 Å². The highest BCUT2D eigenvalue weighted by atomic mass is 16.2. The Kier molecular flexibility index (Phi) is 2.01. The average Bonchev–Trinajstić information content (AvgIpc) is 3.11. The summed E-state index contributed by atoms with van der Waals surface area (Å²) in [5.41, 5.74) is 5.17. The summed E-state index contributed by atoms with van der Waals surface area (Å²) in [5.74, 6) is 0.0950. The molecule has 3 N–H and O–H groups in total. The fourth-order valence-electron chi connectivity index (χ4n) is 2.26. The second kappa shape index (κ2) is 3.20. The van der Waals surface area contributed by atoms with Crippen LogP contribution < -0.4 is 11.1 Å². The van der Waals surface area contributed by atoms with Crippen LogP contribution >= 0.6 is 0 Å². The number of amides is 2. The van der Waals surface area contributed by atoms with Crippen molar-refractivity contribution >= 4 is 11.8 Å². The maximum atomic E-state index is 11.7. The quantitative estimate of drug-likeness (QED) is 0.668. The number of nitrogens with one attached hydrogen (secondary N) is 1. The Morgan fingerprint density at radius 2 is 2.12 bits per heavy atom. The Balaban J connectivity index is 1.56. The molecule has 0 spiro atoms. The zero-order chi connectivity index (χ0) is 11.3. The SMILES string of the molecule is NC1(C(=O)NC2CC(=O)N(C3CC3)C2)CC1. The van der Waals surface area contributed by atoms with Gasteiger partial charge in [0.05, 0.1) is 11.6 Å². The Bertz CT molecular complexity index is 347. The summed E-state index contributed by atoms with van der Waals surface area (Å²) in [7, 11) is 0. The molecule has 3 fully saturated rings. The third-order valence-electron chi connectivity index (χ3n) is 3.72. The van der Waals surface area contributed by atoms with Crippen LogP contribution in [0.3, 0.4) is 0 Å². The van der Waals surface area contributed by atoms with Crippen molar-refractivity contribution in [3.05, 3.63) is 0 Å². The fourth-order valence-corrected chi connectivity index (χ4v) is 2.26. The van der Waals surface area contributed by atoms with Crippen molar-refractivity contribution in [2.24, 2.45) is 5.73 Å². The molecule has 3 aliphatic rings. The molecule has 0 bridgehead atoms. The van der Waals surface area contributed by atoms with Crippen LogP contribution in [0, 0.1) is 0 Å². The molecule has 16 heavy (non-hydrogen) atoms. The summed E-state index contributed by atoms with van der Waals surface area (Å²) in [4.78, 5) is 25.3. The van der Waals surface area contributed by atoms with E-state index in [1.54, 1.807) is 0 Å². The normalized spacial score (nSPS) is 31.7. The van der Waals surface area contributed by atoms with Gasteiger partial charge in [0.2, 0.25) is 11.8 Å². The van der Waals surface area contributed by atoms with Gasteiger partial charge in [0.1, 0.15) is 0 Å². The van der Waals surface area contributed by atoms with Crippen molar-refractivity contribution in [1.29, 1.82) is 0 Å². The van der Waals surface area contributed by atoms with Gasteiger partial charge in [0.15, 0.2) is 0 Å². The molecule has 1 heterocycles. The van der Waals surface area contributed by atoms with Crippen molar-refractivity contribution in [2.75, 3.05) is 6.54 Å². The van der Waals surface area contributed by atoms with E-state index in [0.29, 0.717) is 19.0 Å². The summed E-state index contributed by atoms with van der Waals surface area (Å²) in [6.45, 7) is 0.672. The van der Waals surface area contributed by atoms with E-state index < -0.39 is 5.54 Å². The molecule has 1 atom stereocenters. The lowest BCUT2D eigenvalue weighted by Crippen LogP contribution is -2.48. The van der Waals surface area contributed by atoms with Crippen LogP contribution in [0.2, 0.25) is 0 Å². The molecule has 0 aromatic carbocycles. The maximum absolute atomic E-state index is 11.7. The van der Waals surface area contributed by atoms with E-state index in [9.17, 15) is 9.59 Å². The number of carbonyl (C=O) groups is 2. The van der Waals surface area contributed by atoms with Crippen molar-refractivity contribution < 1.29 is 9.59 Å². The largest absolute Gasteiger partial charge is 0.349 e. The van der Waals surface area contributed by atoms with Gasteiger partial charge in [-0.1, -0.05) is 0 Å². The van der Waals surface area contributed by atoms with E-state index in [2.05, 4.69) is 5.32 Å². The molecule has 2 aliphatic carbocycles. The number of nitrogens with zero attached hydrogens (tertiary/aromatic N) is 1. The molecule has 0 radical (unpaired) electrons. The molecule has 88 valence electrons. The second-order valence-corrected chi connectivity index (χ2v) is 5.31. The fraction of sp³-hybridized carbons (Fsp3) is 0.818. The van der Waals surface area contributed by atoms with E-state index in [1.807, 2.05) is 4.90 Å². The van der Waals surface area contributed by atoms with Crippen LogP contribution in [0.25, 0.3) is 0 Å². The first kappa shape index (κ1) is 10.1. The lowest BCUT2D eigenvalue weighted by Gasteiger charge is -2.17. The Labute approximate surface area is 94.3 Å². The zero-order valence-corrected chi connectivity index (χ0v) is 9.24. The Hall–Kier alpha value is -1.10. The molecular weight excluding hydrogens is 206 g/mol. The molecule has 0 aromatic heterocycles. The van der Waals surface area contributed by atoms with Gasteiger partial charge < -0.3 is 16.0 Å². The van der Waals surface area contributed by atoms with Gasteiger partial charge in [0.25, 0.3) is 0 Å². The molecule has 1 unspecified atom stereocenters. The number of nitrogens with two attached hydrogens (primary N) is 1. The monoisotopic (exact) mass is 223 g/mol. The lowest BCUT2D eigenvalue weighted by atomic mass is 10.2. The van der Waals surface area contributed by atoms with Crippen molar-refractivity contribution in [3.8, 4) is 0 Å². The standard InChI is InChI=1S/C11H17N3O2/c12-11(3-4-11)10(16)13-7-5-9(15)14(6-7)8-1-2-8/h7-8H,1-6,12H2,(H,13,16). The third-order valence-corrected chi connectivity index (χ3v) is 3.72. The summed E-state index contributed by atoms with van der Waals surface area (Å²) >= 11 is 0. The van der Waals surface area contributed by atoms with Crippen LogP contribution in [0.15, 0.2) is 0 Å². The van der Waals surface area contributed by atoms with Crippen LogP contribution in [0.5, 0.6) is 0 Å². The highest BCUT2D eigenvalue weighted by Gasteiger charge is 2.48. The third kappa shape index (κ3) is 1.69. The summed E-state index contributed by atoms with van der Waals surface area (Å²) in [6, 6.07) is 0.420. The predicted molar refractivity (Wildman–Crippen MR) is 57.4 cm³/mol. The first-order valence-electron chi connectivity index (χ1n) is 5.98. The summed E-state index contributed by atoms with van der Waals surface area (Å²) in [6.07, 6.45) is 4.22. The molecule has 2 amide bonds. The second-order valence-electron chi connectivity index (χ2n) is 5.31. The van der Waals surface area contributed by atoms with E-state index in [4.69, 9.17) is 5.73 Å². The minimum absolute atomic E-state index is 0.0263. The first-order chi connectivity index (χ1) is 7.58. The highest BCUT2D eigenvalue weighted by molar-refractivity contribution is 5.90. The number of rotatable bonds is 3. The molecule has 2 saturated carbocycles. The Morgan fingerprint density at radius 1 is 1.44 bits per heavy atom. The van der Waals surface area contributed by atoms with Gasteiger partial charge in [-0.05, 0) is 25.7 Å². The molecule has 1 aliphatic heterocycles. The van der Waals surface area contributed by atoms with Crippen LogP contribution in [-0.2, 0) is 9.59 Å². The minimum Gasteiger partial charge on any atom is -0.349 e. The van der Waals surface area contributed by atoms with Gasteiger partial charge in [-0.2, -0.15) is 0 Å². The minimum atomic E-state index is -0.629. The molecule has 0 aromatic rings. The first-order valence-corrected chi connectivity index (χ1v) is 5.98. The van der Waals surface area contributed by atoms with Crippen molar-refractivity contribution in [3.63, 3.8) is 0 Å². The predicted octanol–water partition coefficient (Wildman–Crippen LogP) is -0.643. The van der Waals surface area contributed by atoms with Crippen molar-refractivity contribution in [1.82, 2.24) is 10.2 Å². The molecular formula is C11H17N3O2. The van der Waals surface area contributed by atoms with E-state index in [-0.39, 0.29) is 17.9 Å². The maximum Gasteiger partial charge on any atom is 0.240 e. The molecule has 5 heteroatoms. The summed E-state index contributed by atoms with van der Waals surface area (Å²) in [5, 5.41) is 2.90. The van der Waals surface area contributed by atoms with Gasteiger partial charge in [0, 0.05) is 19.0 Å². The van der Waals surface area contributed by atoms with E-state index in [0.717, 1.165) is 25.7 Å². The smallest absolute Gasteiger partial charge is 0.240 e. The van der Waals surface area contributed by atoms with Crippen LogP contribution in [-0.4, -0.2) is 40.9 Å². The van der Waals surface area contributed by atoms with Gasteiger partial charge in [-0.25, -0.2) is 0 Å². The zero-order valence-electron chi connectivity index (χ0n) is 9.24. The number of hydrogen-bond acceptors (Lipinski definition) is 3. The highest BCUT2D eigenvalue weighted by Crippen LogP contribution is 2.33. The number of carbonyl (C=O) groups excluding carboxylic acids is 2. The number of hydrogen-bond donors (Lipinski definition) is 2. The Morgan fingerprint density at radius 3 is 2.69 bits per heavy atom. The van der Waals surface area contributed by atoms with Gasteiger partial charge in [-0.15, -0.1) is 0 Å². The van der Waals surface area contributed by atoms with E-state index >= 15 is 0 Å². The lowest BCUT2D eigenvalue weighted by molar-refractivity contribution is -0.128. The molecule has 3 rings (SSSR count). The number of likely N-dealkylation sites (tertiary alicyclic amines) is 1. The van der Waals surface area contributed by atoms with Gasteiger partial charge in [-0.3, -0.25) is 9.59 Å². The van der Waals surface area contributed by atoms with Gasteiger partial charge >= 0.3 is 0 Å². The topological polar surface area (TPSA) is 75.4 Å². The molecule has 1 saturated heterocycles. The summed E-state index contributed by atoms with van der Waals surface area (Å²) < 4.78 is 0. The van der Waals surface area contributed by atoms with Crippen molar-refractivity contribution in [2.45, 2.75) is 49.7 Å². The average molecular weight is 223 g/mol. The molecule has 5 nitrogen and oxygen atoms in total. The van der Waals surface area contributed by atoms with Crippen LogP contribution in [0.1, 0.15) is 32.1 Å².